The van der Waals surface area contributed by atoms with Gasteiger partial charge in [-0.05, 0) is 32.9 Å². The van der Waals surface area contributed by atoms with Crippen molar-refractivity contribution < 1.29 is 9.47 Å². The van der Waals surface area contributed by atoms with Crippen LogP contribution in [0.1, 0.15) is 25.6 Å². The van der Waals surface area contributed by atoms with Crippen molar-refractivity contribution in [2.45, 2.75) is 26.8 Å². The van der Waals surface area contributed by atoms with E-state index >= 15 is 0 Å². The minimum absolute atomic E-state index is 0.202. The fourth-order valence-electron chi connectivity index (χ4n) is 2.09. The lowest BCUT2D eigenvalue weighted by atomic mass is 10.2. The Hall–Kier alpha value is -2.37. The van der Waals surface area contributed by atoms with Gasteiger partial charge in [-0.25, -0.2) is 4.68 Å². The van der Waals surface area contributed by atoms with Crippen molar-refractivity contribution in [3.8, 4) is 11.5 Å². The average Bonchev–Trinajstić information content (AvgIpc) is 2.76. The van der Waals surface area contributed by atoms with Gasteiger partial charge in [-0.15, -0.1) is 0 Å². The Morgan fingerprint density at radius 2 is 1.95 bits per heavy atom. The minimum atomic E-state index is 0.202. The van der Waals surface area contributed by atoms with Crippen molar-refractivity contribution in [3.05, 3.63) is 23.9 Å². The van der Waals surface area contributed by atoms with Crippen LogP contribution in [0.4, 0.5) is 17.2 Å². The van der Waals surface area contributed by atoms with E-state index < -0.39 is 0 Å². The van der Waals surface area contributed by atoms with Crippen LogP contribution >= 0.6 is 0 Å². The largest absolute Gasteiger partial charge is 0.497 e. The summed E-state index contributed by atoms with van der Waals surface area (Å²) in [6.45, 7) is 6.01. The van der Waals surface area contributed by atoms with E-state index in [2.05, 4.69) is 24.3 Å². The highest BCUT2D eigenvalue weighted by atomic mass is 16.5. The molecule has 2 aromatic rings. The average molecular weight is 290 g/mol. The smallest absolute Gasteiger partial charge is 0.152 e. The standard InChI is InChI=1S/C15H22N4O2/c1-9(2)19-15(14(16)10(3)18-19)17-12-7-6-11(20-4)8-13(12)21-5/h6-9,17H,16H2,1-5H3. The molecule has 0 spiro atoms. The first kappa shape index (κ1) is 15.0. The fourth-order valence-corrected chi connectivity index (χ4v) is 2.09. The Morgan fingerprint density at radius 3 is 2.52 bits per heavy atom. The lowest BCUT2D eigenvalue weighted by Crippen LogP contribution is -2.08. The second-order valence-electron chi connectivity index (χ2n) is 5.08. The van der Waals surface area contributed by atoms with Gasteiger partial charge in [0.05, 0.1) is 31.3 Å². The fraction of sp³-hybridized carbons (Fsp3) is 0.400. The number of aryl methyl sites for hydroxylation is 1. The highest BCUT2D eigenvalue weighted by molar-refractivity contribution is 5.74. The second kappa shape index (κ2) is 5.95. The van der Waals surface area contributed by atoms with E-state index in [0.717, 1.165) is 22.9 Å². The zero-order valence-electron chi connectivity index (χ0n) is 13.1. The van der Waals surface area contributed by atoms with Crippen LogP contribution in [0.15, 0.2) is 18.2 Å². The molecular weight excluding hydrogens is 268 g/mol. The highest BCUT2D eigenvalue weighted by Gasteiger charge is 2.16. The molecule has 21 heavy (non-hydrogen) atoms. The molecule has 0 bridgehead atoms. The first-order chi connectivity index (χ1) is 9.97. The summed E-state index contributed by atoms with van der Waals surface area (Å²) in [4.78, 5) is 0. The SMILES string of the molecule is COc1ccc(Nc2c(N)c(C)nn2C(C)C)c(OC)c1. The molecule has 1 heterocycles. The van der Waals surface area contributed by atoms with Gasteiger partial charge in [-0.1, -0.05) is 0 Å². The number of nitrogen functional groups attached to an aromatic ring is 1. The van der Waals surface area contributed by atoms with Crippen LogP contribution < -0.4 is 20.5 Å². The minimum Gasteiger partial charge on any atom is -0.497 e. The summed E-state index contributed by atoms with van der Waals surface area (Å²) in [7, 11) is 3.24. The number of methoxy groups -OCH3 is 2. The summed E-state index contributed by atoms with van der Waals surface area (Å²) in [5.41, 5.74) is 8.38. The van der Waals surface area contributed by atoms with Gasteiger partial charge in [0.1, 0.15) is 11.5 Å². The number of rotatable bonds is 5. The third-order valence-corrected chi connectivity index (χ3v) is 3.28. The summed E-state index contributed by atoms with van der Waals surface area (Å²) >= 11 is 0. The Bertz CT molecular complexity index is 635. The van der Waals surface area contributed by atoms with Crippen molar-refractivity contribution in [2.24, 2.45) is 0 Å². The van der Waals surface area contributed by atoms with Gasteiger partial charge < -0.3 is 20.5 Å². The van der Waals surface area contributed by atoms with Crippen LogP contribution in [-0.4, -0.2) is 24.0 Å². The molecule has 2 rings (SSSR count). The summed E-state index contributed by atoms with van der Waals surface area (Å²) in [6.07, 6.45) is 0. The Labute approximate surface area is 124 Å². The van der Waals surface area contributed by atoms with Crippen LogP contribution in [0.3, 0.4) is 0 Å². The van der Waals surface area contributed by atoms with E-state index in [1.807, 2.05) is 29.8 Å². The summed E-state index contributed by atoms with van der Waals surface area (Å²) in [6, 6.07) is 5.78. The molecule has 0 atom stereocenters. The normalized spacial score (nSPS) is 10.8. The number of benzene rings is 1. The van der Waals surface area contributed by atoms with Gasteiger partial charge in [0, 0.05) is 12.1 Å². The quantitative estimate of drug-likeness (QED) is 0.885. The van der Waals surface area contributed by atoms with Gasteiger partial charge >= 0.3 is 0 Å². The number of aromatic nitrogens is 2. The van der Waals surface area contributed by atoms with E-state index in [9.17, 15) is 0 Å². The maximum atomic E-state index is 6.13. The van der Waals surface area contributed by atoms with Crippen LogP contribution in [0, 0.1) is 6.92 Å². The molecule has 1 aromatic heterocycles. The number of hydrogen-bond donors (Lipinski definition) is 2. The van der Waals surface area contributed by atoms with E-state index in [4.69, 9.17) is 15.2 Å². The van der Waals surface area contributed by atoms with E-state index in [-0.39, 0.29) is 6.04 Å². The first-order valence-corrected chi connectivity index (χ1v) is 6.81. The monoisotopic (exact) mass is 290 g/mol. The lowest BCUT2D eigenvalue weighted by molar-refractivity contribution is 0.395. The topological polar surface area (TPSA) is 74.3 Å². The zero-order valence-corrected chi connectivity index (χ0v) is 13.1. The second-order valence-corrected chi connectivity index (χ2v) is 5.08. The maximum absolute atomic E-state index is 6.13. The lowest BCUT2D eigenvalue weighted by Gasteiger charge is -2.16. The Kier molecular flexibility index (Phi) is 4.26. The maximum Gasteiger partial charge on any atom is 0.152 e. The Balaban J connectivity index is 2.43. The summed E-state index contributed by atoms with van der Waals surface area (Å²) in [5.74, 6) is 2.19. The third-order valence-electron chi connectivity index (χ3n) is 3.28. The van der Waals surface area contributed by atoms with Crippen molar-refractivity contribution in [1.29, 1.82) is 0 Å². The summed E-state index contributed by atoms with van der Waals surface area (Å²) in [5, 5.41) is 7.77. The number of hydrogen-bond acceptors (Lipinski definition) is 5. The molecule has 114 valence electrons. The van der Waals surface area contributed by atoms with Gasteiger partial charge in [-0.2, -0.15) is 5.10 Å². The van der Waals surface area contributed by atoms with Crippen molar-refractivity contribution in [3.63, 3.8) is 0 Å². The molecule has 0 aliphatic heterocycles. The molecule has 0 saturated heterocycles. The number of anilines is 3. The predicted molar refractivity (Wildman–Crippen MR) is 84.6 cm³/mol. The van der Waals surface area contributed by atoms with Gasteiger partial charge in [0.25, 0.3) is 0 Å². The molecule has 0 fully saturated rings. The number of nitrogens with two attached hydrogens (primary N) is 1. The molecule has 3 N–H and O–H groups in total. The number of ether oxygens (including phenoxy) is 2. The third kappa shape index (κ3) is 2.89. The molecule has 0 aliphatic rings. The molecular formula is C15H22N4O2. The molecule has 0 radical (unpaired) electrons. The van der Waals surface area contributed by atoms with Gasteiger partial charge in [0.15, 0.2) is 5.82 Å². The first-order valence-electron chi connectivity index (χ1n) is 6.81. The van der Waals surface area contributed by atoms with Crippen LogP contribution in [0.5, 0.6) is 11.5 Å². The predicted octanol–water partition coefficient (Wildman–Crippen LogP) is 3.12. The van der Waals surface area contributed by atoms with E-state index in [1.165, 1.54) is 0 Å². The summed E-state index contributed by atoms with van der Waals surface area (Å²) < 4.78 is 12.5. The van der Waals surface area contributed by atoms with Crippen molar-refractivity contribution in [2.75, 3.05) is 25.3 Å². The van der Waals surface area contributed by atoms with E-state index in [1.54, 1.807) is 14.2 Å². The van der Waals surface area contributed by atoms with Gasteiger partial charge in [0.2, 0.25) is 0 Å². The molecule has 1 aromatic carbocycles. The number of nitrogens with one attached hydrogen (secondary N) is 1. The molecule has 6 nitrogen and oxygen atoms in total. The molecule has 0 aliphatic carbocycles. The molecule has 0 amide bonds. The molecule has 0 saturated carbocycles. The van der Waals surface area contributed by atoms with Crippen molar-refractivity contribution >= 4 is 17.2 Å². The highest BCUT2D eigenvalue weighted by Crippen LogP contribution is 2.35. The van der Waals surface area contributed by atoms with Crippen LogP contribution in [0.25, 0.3) is 0 Å². The Morgan fingerprint density at radius 1 is 1.24 bits per heavy atom. The van der Waals surface area contributed by atoms with Crippen molar-refractivity contribution in [1.82, 2.24) is 9.78 Å². The molecule has 6 heteroatoms. The molecule has 0 unspecified atom stereocenters. The van der Waals surface area contributed by atoms with Crippen LogP contribution in [-0.2, 0) is 0 Å². The zero-order chi connectivity index (χ0) is 15.6. The number of nitrogens with zero attached hydrogens (tertiary/aromatic N) is 2. The van der Waals surface area contributed by atoms with Gasteiger partial charge in [-0.3, -0.25) is 0 Å². The van der Waals surface area contributed by atoms with E-state index in [0.29, 0.717) is 11.4 Å². The van der Waals surface area contributed by atoms with Crippen LogP contribution in [0.2, 0.25) is 0 Å².